The zero-order valence-electron chi connectivity index (χ0n) is 17.9. The van der Waals surface area contributed by atoms with E-state index in [1.165, 1.54) is 33.5 Å². The molecule has 0 saturated carbocycles. The maximum absolute atomic E-state index is 13.1. The number of sulfonamides is 1. The summed E-state index contributed by atoms with van der Waals surface area (Å²) < 4.78 is 39.9. The fourth-order valence-corrected chi connectivity index (χ4v) is 5.29. The van der Waals surface area contributed by atoms with Crippen molar-refractivity contribution in [1.82, 2.24) is 19.6 Å². The van der Waals surface area contributed by atoms with Crippen LogP contribution in [0.5, 0.6) is 0 Å². The van der Waals surface area contributed by atoms with E-state index in [4.69, 9.17) is 0 Å². The third kappa shape index (κ3) is 5.45. The number of benzene rings is 1. The lowest BCUT2D eigenvalue weighted by molar-refractivity contribution is -0.126. The molecular formula is C21H25FN6O4S. The first-order valence-electron chi connectivity index (χ1n) is 10.7. The van der Waals surface area contributed by atoms with Crippen molar-refractivity contribution in [2.24, 2.45) is 5.92 Å². The molecule has 2 fully saturated rings. The number of piperazine rings is 1. The molecule has 0 aliphatic carbocycles. The van der Waals surface area contributed by atoms with Crippen LogP contribution >= 0.6 is 0 Å². The number of hydrogen-bond donors (Lipinski definition) is 1. The van der Waals surface area contributed by atoms with Crippen molar-refractivity contribution in [3.8, 4) is 0 Å². The highest BCUT2D eigenvalue weighted by Crippen LogP contribution is 2.25. The molecule has 33 heavy (non-hydrogen) atoms. The van der Waals surface area contributed by atoms with Gasteiger partial charge in [-0.05, 0) is 30.3 Å². The van der Waals surface area contributed by atoms with Crippen LogP contribution in [0.15, 0.2) is 42.7 Å². The van der Waals surface area contributed by atoms with Crippen molar-refractivity contribution in [1.29, 1.82) is 0 Å². The number of carbonyl (C=O) groups is 2. The van der Waals surface area contributed by atoms with E-state index in [2.05, 4.69) is 15.3 Å². The molecule has 1 aromatic carbocycles. The van der Waals surface area contributed by atoms with Gasteiger partial charge in [-0.1, -0.05) is 0 Å². The summed E-state index contributed by atoms with van der Waals surface area (Å²) in [5.41, 5.74) is 0.527. The van der Waals surface area contributed by atoms with Gasteiger partial charge in [-0.25, -0.2) is 22.8 Å². The van der Waals surface area contributed by atoms with E-state index in [1.807, 2.05) is 4.90 Å². The van der Waals surface area contributed by atoms with E-state index in [9.17, 15) is 22.4 Å². The number of rotatable bonds is 7. The second-order valence-electron chi connectivity index (χ2n) is 7.92. The zero-order chi connectivity index (χ0) is 23.4. The maximum atomic E-state index is 13.1. The molecule has 2 aliphatic heterocycles. The van der Waals surface area contributed by atoms with Gasteiger partial charge in [-0.3, -0.25) is 9.59 Å². The van der Waals surface area contributed by atoms with Gasteiger partial charge in [-0.15, -0.1) is 0 Å². The second kappa shape index (κ2) is 9.79. The van der Waals surface area contributed by atoms with Crippen LogP contribution in [0.3, 0.4) is 0 Å². The Morgan fingerprint density at radius 3 is 2.42 bits per heavy atom. The molecule has 10 nitrogen and oxygen atoms in total. The van der Waals surface area contributed by atoms with E-state index in [1.54, 1.807) is 18.5 Å². The van der Waals surface area contributed by atoms with Crippen LogP contribution in [-0.4, -0.2) is 79.5 Å². The Morgan fingerprint density at radius 2 is 1.76 bits per heavy atom. The highest BCUT2D eigenvalue weighted by atomic mass is 32.2. The first-order chi connectivity index (χ1) is 15.8. The minimum atomic E-state index is -3.54. The normalized spacial score (nSPS) is 19.7. The molecule has 0 bridgehead atoms. The Bertz CT molecular complexity index is 1090. The molecule has 1 unspecified atom stereocenters. The second-order valence-corrected chi connectivity index (χ2v) is 10.0. The zero-order valence-corrected chi connectivity index (χ0v) is 18.7. The number of anilines is 2. The highest BCUT2D eigenvalue weighted by Gasteiger charge is 2.35. The molecule has 0 radical (unpaired) electrons. The number of amides is 2. The van der Waals surface area contributed by atoms with Gasteiger partial charge in [0.1, 0.15) is 5.82 Å². The van der Waals surface area contributed by atoms with Crippen molar-refractivity contribution in [2.75, 3.05) is 54.8 Å². The van der Waals surface area contributed by atoms with Crippen LogP contribution in [0.1, 0.15) is 6.42 Å². The van der Waals surface area contributed by atoms with Crippen molar-refractivity contribution >= 4 is 33.5 Å². The number of nitrogens with zero attached hydrogens (tertiary/aromatic N) is 5. The van der Waals surface area contributed by atoms with Gasteiger partial charge in [-0.2, -0.15) is 4.31 Å². The quantitative estimate of drug-likeness (QED) is 0.609. The summed E-state index contributed by atoms with van der Waals surface area (Å²) in [6, 6.07) is 7.22. The van der Waals surface area contributed by atoms with Gasteiger partial charge in [0.2, 0.25) is 27.8 Å². The maximum Gasteiger partial charge on any atom is 0.227 e. The van der Waals surface area contributed by atoms with E-state index < -0.39 is 21.8 Å². The van der Waals surface area contributed by atoms with E-state index in [0.29, 0.717) is 37.8 Å². The summed E-state index contributed by atoms with van der Waals surface area (Å²) in [5, 5.41) is 2.64. The van der Waals surface area contributed by atoms with Gasteiger partial charge in [0, 0.05) is 63.8 Å². The van der Waals surface area contributed by atoms with Crippen LogP contribution in [0.25, 0.3) is 0 Å². The molecule has 4 rings (SSSR count). The molecule has 1 atom stereocenters. The van der Waals surface area contributed by atoms with Crippen molar-refractivity contribution in [2.45, 2.75) is 6.42 Å². The lowest BCUT2D eigenvalue weighted by Gasteiger charge is -2.33. The molecule has 1 N–H and O–H groups in total. The topological polar surface area (TPSA) is 116 Å². The minimum absolute atomic E-state index is 0.0273. The Labute approximate surface area is 191 Å². The first kappa shape index (κ1) is 23.1. The van der Waals surface area contributed by atoms with Gasteiger partial charge >= 0.3 is 0 Å². The fourth-order valence-electron chi connectivity index (χ4n) is 3.95. The monoisotopic (exact) mass is 476 g/mol. The lowest BCUT2D eigenvalue weighted by Crippen LogP contribution is -2.50. The number of aromatic nitrogens is 2. The number of nitrogens with one attached hydrogen (secondary N) is 1. The van der Waals surface area contributed by atoms with Crippen molar-refractivity contribution in [3.05, 3.63) is 48.5 Å². The van der Waals surface area contributed by atoms with Gasteiger partial charge in [0.05, 0.1) is 11.7 Å². The summed E-state index contributed by atoms with van der Waals surface area (Å²) in [6.07, 6.45) is 3.31. The summed E-state index contributed by atoms with van der Waals surface area (Å²) in [4.78, 5) is 36.5. The summed E-state index contributed by atoms with van der Waals surface area (Å²) in [5.74, 6) is -1.23. The van der Waals surface area contributed by atoms with E-state index in [-0.39, 0.29) is 37.1 Å². The van der Waals surface area contributed by atoms with E-state index in [0.717, 1.165) is 0 Å². The molecule has 1 aromatic heterocycles. The Morgan fingerprint density at radius 1 is 1.09 bits per heavy atom. The molecule has 2 aliphatic rings. The Balaban J connectivity index is 1.24. The number of hydrogen-bond acceptors (Lipinski definition) is 7. The molecule has 3 heterocycles. The molecule has 12 heteroatoms. The standard InChI is InChI=1S/C21H25FN6O4S/c22-17-2-4-18(5-3-17)28-15-16(14-19(28)29)20(30)23-8-13-33(31,32)27-11-9-26(10-12-27)21-24-6-1-7-25-21/h1-7,16H,8-15H2,(H,23,30). The minimum Gasteiger partial charge on any atom is -0.355 e. The molecule has 176 valence electrons. The Kier molecular flexibility index (Phi) is 6.84. The molecule has 2 aromatic rings. The number of halogens is 1. The summed E-state index contributed by atoms with van der Waals surface area (Å²) >= 11 is 0. The Hall–Kier alpha value is -3.12. The van der Waals surface area contributed by atoms with Crippen LogP contribution in [0.4, 0.5) is 16.0 Å². The first-order valence-corrected chi connectivity index (χ1v) is 12.3. The SMILES string of the molecule is O=C(NCCS(=O)(=O)N1CCN(c2ncccn2)CC1)C1CC(=O)N(c2ccc(F)cc2)C1. The van der Waals surface area contributed by atoms with Crippen LogP contribution in [-0.2, 0) is 19.6 Å². The van der Waals surface area contributed by atoms with Crippen molar-refractivity contribution in [3.63, 3.8) is 0 Å². The molecule has 2 saturated heterocycles. The van der Waals surface area contributed by atoms with Crippen molar-refractivity contribution < 1.29 is 22.4 Å². The van der Waals surface area contributed by atoms with Crippen LogP contribution in [0, 0.1) is 11.7 Å². The van der Waals surface area contributed by atoms with Gasteiger partial charge in [0.15, 0.2) is 0 Å². The van der Waals surface area contributed by atoms with E-state index >= 15 is 0 Å². The van der Waals surface area contributed by atoms with Gasteiger partial charge in [0.25, 0.3) is 0 Å². The third-order valence-electron chi connectivity index (χ3n) is 5.76. The predicted octanol–water partition coefficient (Wildman–Crippen LogP) is 0.237. The summed E-state index contributed by atoms with van der Waals surface area (Å²) in [7, 11) is -3.54. The molecular weight excluding hydrogens is 451 g/mol. The van der Waals surface area contributed by atoms with Crippen LogP contribution in [0.2, 0.25) is 0 Å². The molecule has 2 amide bonds. The third-order valence-corrected chi connectivity index (χ3v) is 7.63. The highest BCUT2D eigenvalue weighted by molar-refractivity contribution is 7.89. The number of carbonyl (C=O) groups excluding carboxylic acids is 2. The largest absolute Gasteiger partial charge is 0.355 e. The van der Waals surface area contributed by atoms with Gasteiger partial charge < -0.3 is 15.1 Å². The van der Waals surface area contributed by atoms with Crippen LogP contribution < -0.4 is 15.1 Å². The summed E-state index contributed by atoms with van der Waals surface area (Å²) in [6.45, 7) is 1.74. The fraction of sp³-hybridized carbons (Fsp3) is 0.429. The smallest absolute Gasteiger partial charge is 0.227 e. The molecule has 0 spiro atoms. The average Bonchev–Trinajstić information content (AvgIpc) is 3.22. The predicted molar refractivity (Wildman–Crippen MR) is 119 cm³/mol. The average molecular weight is 477 g/mol. The lowest BCUT2D eigenvalue weighted by atomic mass is 10.1.